The molecule has 3 aromatic carbocycles. The van der Waals surface area contributed by atoms with Gasteiger partial charge in [0.25, 0.3) is 0 Å². The number of halogens is 1. The zero-order valence-corrected chi connectivity index (χ0v) is 16.2. The molecule has 0 bridgehead atoms. The molecule has 0 aliphatic heterocycles. The Morgan fingerprint density at radius 2 is 1.33 bits per heavy atom. The van der Waals surface area contributed by atoms with Crippen molar-refractivity contribution in [3.8, 4) is 5.69 Å². The average molecular weight is 374 g/mol. The predicted octanol–water partition coefficient (Wildman–Crippen LogP) is 4.39. The summed E-state index contributed by atoms with van der Waals surface area (Å²) >= 11 is 0. The molecule has 0 fully saturated rings. The summed E-state index contributed by atoms with van der Waals surface area (Å²) in [7, 11) is -0.905. The minimum Gasteiger partial charge on any atom is -0.297 e. The van der Waals surface area contributed by atoms with E-state index < -0.39 is 7.92 Å². The van der Waals surface area contributed by atoms with Gasteiger partial charge in [-0.05, 0) is 36.6 Å². The quantitative estimate of drug-likeness (QED) is 0.485. The molecule has 1 heterocycles. The molecule has 1 aromatic heterocycles. The van der Waals surface area contributed by atoms with Crippen molar-refractivity contribution < 1.29 is 4.39 Å². The minimum absolute atomic E-state index is 0.250. The van der Waals surface area contributed by atoms with E-state index in [-0.39, 0.29) is 5.82 Å². The molecule has 0 amide bonds. The standard InChI is InChI=1S/C23H20FN2P/c1-17-7-11-19(12-8-17)27(20-13-9-18(2)10-14-20)23-25-15-16-26(23)22-6-4-3-5-21(22)24/h3-16H,1-2H3. The van der Waals surface area contributed by atoms with Crippen molar-refractivity contribution in [2.24, 2.45) is 0 Å². The molecule has 4 aromatic rings. The second-order valence-corrected chi connectivity index (χ2v) is 8.66. The van der Waals surface area contributed by atoms with E-state index in [0.29, 0.717) is 5.69 Å². The van der Waals surface area contributed by atoms with Gasteiger partial charge in [-0.15, -0.1) is 0 Å². The van der Waals surface area contributed by atoms with Crippen molar-refractivity contribution >= 4 is 24.1 Å². The molecule has 0 atom stereocenters. The molecular formula is C23H20FN2P. The number of nitrogens with zero attached hydrogens (tertiary/aromatic N) is 2. The molecule has 0 radical (unpaired) electrons. The lowest BCUT2D eigenvalue weighted by molar-refractivity contribution is 0.619. The van der Waals surface area contributed by atoms with Gasteiger partial charge in [-0.3, -0.25) is 4.57 Å². The zero-order chi connectivity index (χ0) is 18.8. The first-order valence-corrected chi connectivity index (χ1v) is 10.2. The van der Waals surface area contributed by atoms with Crippen LogP contribution in [0, 0.1) is 19.7 Å². The van der Waals surface area contributed by atoms with E-state index in [2.05, 4.69) is 67.4 Å². The van der Waals surface area contributed by atoms with Crippen LogP contribution in [0.3, 0.4) is 0 Å². The molecule has 0 N–H and O–H groups in total. The molecule has 0 aliphatic rings. The normalized spacial score (nSPS) is 11.1. The highest BCUT2D eigenvalue weighted by Crippen LogP contribution is 2.33. The van der Waals surface area contributed by atoms with Gasteiger partial charge in [-0.25, -0.2) is 9.37 Å². The van der Waals surface area contributed by atoms with E-state index in [1.54, 1.807) is 18.3 Å². The highest BCUT2D eigenvalue weighted by molar-refractivity contribution is 7.79. The molecule has 2 nitrogen and oxygen atoms in total. The van der Waals surface area contributed by atoms with Gasteiger partial charge in [0, 0.05) is 20.3 Å². The van der Waals surface area contributed by atoms with Crippen LogP contribution < -0.4 is 16.2 Å². The molecular weight excluding hydrogens is 354 g/mol. The number of hydrogen-bond acceptors (Lipinski definition) is 1. The number of aromatic nitrogens is 2. The van der Waals surface area contributed by atoms with Gasteiger partial charge in [0.15, 0.2) is 0 Å². The van der Waals surface area contributed by atoms with Crippen molar-refractivity contribution in [2.45, 2.75) is 13.8 Å². The summed E-state index contributed by atoms with van der Waals surface area (Å²) in [6.45, 7) is 4.16. The SMILES string of the molecule is Cc1ccc(P(c2ccc(C)cc2)c2nccn2-c2ccccc2F)cc1. The van der Waals surface area contributed by atoms with Crippen LogP contribution in [0.15, 0.2) is 85.2 Å². The molecule has 27 heavy (non-hydrogen) atoms. The maximum atomic E-state index is 14.5. The molecule has 134 valence electrons. The van der Waals surface area contributed by atoms with E-state index in [9.17, 15) is 4.39 Å². The number of aryl methyl sites for hydroxylation is 2. The summed E-state index contributed by atoms with van der Waals surface area (Å²) in [5.74, 6) is -0.250. The Bertz CT molecular complexity index is 1010. The van der Waals surface area contributed by atoms with Gasteiger partial charge in [0.05, 0.1) is 5.69 Å². The van der Waals surface area contributed by atoms with Crippen LogP contribution in [0.4, 0.5) is 4.39 Å². The number of imidazole rings is 1. The fraction of sp³-hybridized carbons (Fsp3) is 0.0870. The first-order valence-electron chi connectivity index (χ1n) is 8.85. The fourth-order valence-corrected chi connectivity index (χ4v) is 5.29. The van der Waals surface area contributed by atoms with Crippen LogP contribution in [0.5, 0.6) is 0 Å². The van der Waals surface area contributed by atoms with Crippen molar-refractivity contribution in [1.82, 2.24) is 9.55 Å². The largest absolute Gasteiger partial charge is 0.297 e. The monoisotopic (exact) mass is 374 g/mol. The Labute approximate surface area is 160 Å². The minimum atomic E-state index is -0.905. The third kappa shape index (κ3) is 3.56. The summed E-state index contributed by atoms with van der Waals surface area (Å²) in [4.78, 5) is 4.66. The van der Waals surface area contributed by atoms with Gasteiger partial charge in [-0.2, -0.15) is 0 Å². The Morgan fingerprint density at radius 1 is 0.778 bits per heavy atom. The van der Waals surface area contributed by atoms with Crippen LogP contribution in [0.25, 0.3) is 5.69 Å². The molecule has 0 unspecified atom stereocenters. The maximum Gasteiger partial charge on any atom is 0.147 e. The lowest BCUT2D eigenvalue weighted by atomic mass is 10.2. The fourth-order valence-electron chi connectivity index (χ4n) is 3.06. The second kappa shape index (κ2) is 7.46. The Morgan fingerprint density at radius 3 is 1.89 bits per heavy atom. The van der Waals surface area contributed by atoms with E-state index >= 15 is 0 Å². The van der Waals surface area contributed by atoms with Crippen molar-refractivity contribution in [1.29, 1.82) is 0 Å². The Hall–Kier alpha value is -2.77. The molecule has 4 rings (SSSR count). The second-order valence-electron chi connectivity index (χ2n) is 6.56. The van der Waals surface area contributed by atoms with E-state index in [0.717, 1.165) is 5.57 Å². The Balaban J connectivity index is 1.90. The Kier molecular flexibility index (Phi) is 4.87. The van der Waals surface area contributed by atoms with Gasteiger partial charge in [-0.1, -0.05) is 71.8 Å². The molecule has 0 saturated heterocycles. The molecule has 4 heteroatoms. The number of hydrogen-bond donors (Lipinski definition) is 0. The van der Waals surface area contributed by atoms with Crippen molar-refractivity contribution in [3.05, 3.63) is 102 Å². The maximum absolute atomic E-state index is 14.5. The summed E-state index contributed by atoms with van der Waals surface area (Å²) in [5, 5.41) is 2.39. The summed E-state index contributed by atoms with van der Waals surface area (Å²) < 4.78 is 16.3. The molecule has 0 saturated carbocycles. The third-order valence-corrected chi connectivity index (χ3v) is 6.88. The summed E-state index contributed by atoms with van der Waals surface area (Å²) in [5.41, 5.74) is 3.82. The van der Waals surface area contributed by atoms with Crippen molar-refractivity contribution in [2.75, 3.05) is 0 Å². The highest BCUT2D eigenvalue weighted by Gasteiger charge is 2.22. The van der Waals surface area contributed by atoms with Gasteiger partial charge >= 0.3 is 0 Å². The van der Waals surface area contributed by atoms with Crippen LogP contribution in [0.2, 0.25) is 0 Å². The van der Waals surface area contributed by atoms with E-state index in [4.69, 9.17) is 0 Å². The molecule has 0 spiro atoms. The van der Waals surface area contributed by atoms with E-state index in [1.165, 1.54) is 27.8 Å². The lowest BCUT2D eigenvalue weighted by Gasteiger charge is -2.20. The smallest absolute Gasteiger partial charge is 0.147 e. The number of para-hydroxylation sites is 1. The van der Waals surface area contributed by atoms with Crippen molar-refractivity contribution in [3.63, 3.8) is 0 Å². The van der Waals surface area contributed by atoms with E-state index in [1.807, 2.05) is 16.8 Å². The van der Waals surface area contributed by atoms with Crippen LogP contribution in [0.1, 0.15) is 11.1 Å². The first-order chi connectivity index (χ1) is 13.1. The number of benzene rings is 3. The van der Waals surface area contributed by atoms with Crippen LogP contribution in [-0.2, 0) is 0 Å². The van der Waals surface area contributed by atoms with Gasteiger partial charge in [0.1, 0.15) is 11.4 Å². The van der Waals surface area contributed by atoms with Gasteiger partial charge < -0.3 is 0 Å². The zero-order valence-electron chi connectivity index (χ0n) is 15.3. The molecule has 0 aliphatic carbocycles. The third-order valence-electron chi connectivity index (χ3n) is 4.52. The van der Waals surface area contributed by atoms with Gasteiger partial charge in [0.2, 0.25) is 0 Å². The average Bonchev–Trinajstić information content (AvgIpc) is 3.14. The predicted molar refractivity (Wildman–Crippen MR) is 112 cm³/mol. The van der Waals surface area contributed by atoms with Crippen LogP contribution in [-0.4, -0.2) is 9.55 Å². The highest BCUT2D eigenvalue weighted by atomic mass is 31.1. The lowest BCUT2D eigenvalue weighted by Crippen LogP contribution is -2.27. The summed E-state index contributed by atoms with van der Waals surface area (Å²) in [6, 6.07) is 23.9. The summed E-state index contributed by atoms with van der Waals surface area (Å²) in [6.07, 6.45) is 3.59. The van der Waals surface area contributed by atoms with Crippen LogP contribution >= 0.6 is 7.92 Å². The first kappa shape index (κ1) is 17.6. The topological polar surface area (TPSA) is 17.8 Å². The number of rotatable bonds is 4.